The Morgan fingerprint density at radius 1 is 1.48 bits per heavy atom. The van der Waals surface area contributed by atoms with Crippen LogP contribution < -0.4 is 10.6 Å². The predicted octanol–water partition coefficient (Wildman–Crippen LogP) is 1.94. The zero-order valence-corrected chi connectivity index (χ0v) is 14.9. The lowest BCUT2D eigenvalue weighted by Gasteiger charge is -2.24. The van der Waals surface area contributed by atoms with Crippen molar-refractivity contribution in [3.8, 4) is 0 Å². The van der Waals surface area contributed by atoms with E-state index in [0.717, 1.165) is 38.7 Å². The molecule has 1 saturated heterocycles. The Morgan fingerprint density at radius 3 is 2.96 bits per heavy atom. The van der Waals surface area contributed by atoms with Gasteiger partial charge in [-0.3, -0.25) is 15.1 Å². The summed E-state index contributed by atoms with van der Waals surface area (Å²) in [6.45, 7) is 6.44. The Labute approximate surface area is 148 Å². The number of ether oxygens (including phenoxy) is 1. The molecule has 2 rings (SSSR count). The number of para-hydroxylation sites is 2. The maximum atomic E-state index is 11.0. The van der Waals surface area contributed by atoms with Gasteiger partial charge in [0.25, 0.3) is 5.69 Å². The van der Waals surface area contributed by atoms with Gasteiger partial charge >= 0.3 is 0 Å². The van der Waals surface area contributed by atoms with E-state index >= 15 is 0 Å². The van der Waals surface area contributed by atoms with Crippen molar-refractivity contribution in [2.45, 2.75) is 13.3 Å². The first-order valence-corrected chi connectivity index (χ1v) is 8.66. The van der Waals surface area contributed by atoms with Crippen molar-refractivity contribution in [3.63, 3.8) is 0 Å². The van der Waals surface area contributed by atoms with Crippen LogP contribution in [0.5, 0.6) is 0 Å². The summed E-state index contributed by atoms with van der Waals surface area (Å²) in [5, 5.41) is 17.4. The fourth-order valence-corrected chi connectivity index (χ4v) is 2.81. The van der Waals surface area contributed by atoms with Crippen LogP contribution in [0.25, 0.3) is 0 Å². The van der Waals surface area contributed by atoms with E-state index in [1.165, 1.54) is 6.07 Å². The summed E-state index contributed by atoms with van der Waals surface area (Å²) in [6.07, 6.45) is 1.09. The SMILES string of the molecule is CCNC(=NCCNc1ccccc1[N+](=O)[O-])N(C)CC1CCOC1. The minimum atomic E-state index is -0.382. The van der Waals surface area contributed by atoms with E-state index in [1.54, 1.807) is 18.2 Å². The normalized spacial score (nSPS) is 17.4. The summed E-state index contributed by atoms with van der Waals surface area (Å²) in [5.41, 5.74) is 0.598. The number of nitro benzene ring substituents is 1. The molecule has 0 saturated carbocycles. The Kier molecular flexibility index (Phi) is 7.46. The first kappa shape index (κ1) is 19.0. The van der Waals surface area contributed by atoms with Crippen molar-refractivity contribution in [1.82, 2.24) is 10.2 Å². The summed E-state index contributed by atoms with van der Waals surface area (Å²) in [5.74, 6) is 1.39. The lowest BCUT2D eigenvalue weighted by atomic mass is 10.1. The van der Waals surface area contributed by atoms with Gasteiger partial charge in [0.2, 0.25) is 0 Å². The fourth-order valence-electron chi connectivity index (χ4n) is 2.81. The average molecular weight is 349 g/mol. The zero-order chi connectivity index (χ0) is 18.1. The number of guanidine groups is 1. The van der Waals surface area contributed by atoms with Crippen molar-refractivity contribution in [2.75, 3.05) is 51.8 Å². The second kappa shape index (κ2) is 9.83. The number of anilines is 1. The molecule has 0 radical (unpaired) electrons. The van der Waals surface area contributed by atoms with Crippen LogP contribution in [0.1, 0.15) is 13.3 Å². The van der Waals surface area contributed by atoms with Gasteiger partial charge in [-0.05, 0) is 19.4 Å². The molecular formula is C17H27N5O3. The van der Waals surface area contributed by atoms with Crippen LogP contribution in [0.4, 0.5) is 11.4 Å². The summed E-state index contributed by atoms with van der Waals surface area (Å²) in [4.78, 5) is 17.4. The number of hydrogen-bond acceptors (Lipinski definition) is 5. The maximum absolute atomic E-state index is 11.0. The zero-order valence-electron chi connectivity index (χ0n) is 14.9. The van der Waals surface area contributed by atoms with Crippen molar-refractivity contribution in [2.24, 2.45) is 10.9 Å². The highest BCUT2D eigenvalue weighted by atomic mass is 16.6. The molecule has 2 N–H and O–H groups in total. The number of nitro groups is 1. The molecule has 8 heteroatoms. The van der Waals surface area contributed by atoms with Gasteiger partial charge in [-0.2, -0.15) is 0 Å². The van der Waals surface area contributed by atoms with Gasteiger partial charge in [0.15, 0.2) is 5.96 Å². The second-order valence-corrected chi connectivity index (χ2v) is 6.05. The van der Waals surface area contributed by atoms with Crippen LogP contribution in [0.15, 0.2) is 29.3 Å². The van der Waals surface area contributed by atoms with Crippen molar-refractivity contribution >= 4 is 17.3 Å². The standard InChI is InChI=1S/C17H27N5O3/c1-3-18-17(21(2)12-14-8-11-25-13-14)20-10-9-19-15-6-4-5-7-16(15)22(23)24/h4-7,14,19H,3,8-13H2,1-2H3,(H,18,20). The Bertz CT molecular complexity index is 587. The van der Waals surface area contributed by atoms with E-state index in [2.05, 4.69) is 20.5 Å². The summed E-state index contributed by atoms with van der Waals surface area (Å²) >= 11 is 0. The van der Waals surface area contributed by atoms with Gasteiger partial charge in [-0.15, -0.1) is 0 Å². The van der Waals surface area contributed by atoms with Crippen LogP contribution in [0.3, 0.4) is 0 Å². The molecule has 0 amide bonds. The molecule has 1 aliphatic rings. The van der Waals surface area contributed by atoms with Gasteiger partial charge in [0.05, 0.1) is 18.1 Å². The first-order valence-electron chi connectivity index (χ1n) is 8.66. The van der Waals surface area contributed by atoms with Gasteiger partial charge in [-0.1, -0.05) is 12.1 Å². The smallest absolute Gasteiger partial charge is 0.292 e. The third-order valence-corrected chi connectivity index (χ3v) is 4.04. The summed E-state index contributed by atoms with van der Waals surface area (Å²) in [7, 11) is 2.02. The number of nitrogens with one attached hydrogen (secondary N) is 2. The number of hydrogen-bond donors (Lipinski definition) is 2. The maximum Gasteiger partial charge on any atom is 0.292 e. The summed E-state index contributed by atoms with van der Waals surface area (Å²) < 4.78 is 5.42. The van der Waals surface area contributed by atoms with Crippen molar-refractivity contribution in [1.29, 1.82) is 0 Å². The van der Waals surface area contributed by atoms with Crippen LogP contribution >= 0.6 is 0 Å². The van der Waals surface area contributed by atoms with Gasteiger partial charge in [0.1, 0.15) is 5.69 Å². The molecule has 1 aromatic rings. The second-order valence-electron chi connectivity index (χ2n) is 6.05. The molecular weight excluding hydrogens is 322 g/mol. The molecule has 1 fully saturated rings. The van der Waals surface area contributed by atoms with Gasteiger partial charge < -0.3 is 20.3 Å². The quantitative estimate of drug-likeness (QED) is 0.245. The topological polar surface area (TPSA) is 92.0 Å². The molecule has 138 valence electrons. The number of rotatable bonds is 8. The predicted molar refractivity (Wildman–Crippen MR) is 99.1 cm³/mol. The minimum absolute atomic E-state index is 0.0803. The third kappa shape index (κ3) is 5.90. The van der Waals surface area contributed by atoms with Crippen LogP contribution in [-0.4, -0.2) is 62.2 Å². The molecule has 1 aliphatic heterocycles. The lowest BCUT2D eigenvalue weighted by Crippen LogP contribution is -2.41. The molecule has 0 bridgehead atoms. The van der Waals surface area contributed by atoms with Crippen LogP contribution in [0.2, 0.25) is 0 Å². The highest BCUT2D eigenvalue weighted by Crippen LogP contribution is 2.22. The largest absolute Gasteiger partial charge is 0.381 e. The molecule has 0 spiro atoms. The molecule has 1 unspecified atom stereocenters. The molecule has 1 heterocycles. The van der Waals surface area contributed by atoms with Gasteiger partial charge in [0, 0.05) is 45.3 Å². The average Bonchev–Trinajstić information content (AvgIpc) is 3.10. The number of aliphatic imine (C=N–C) groups is 1. The monoisotopic (exact) mass is 349 g/mol. The minimum Gasteiger partial charge on any atom is -0.381 e. The summed E-state index contributed by atoms with van der Waals surface area (Å²) in [6, 6.07) is 6.64. The molecule has 8 nitrogen and oxygen atoms in total. The first-order chi connectivity index (χ1) is 12.1. The Hall–Kier alpha value is -2.35. The fraction of sp³-hybridized carbons (Fsp3) is 0.588. The molecule has 1 atom stereocenters. The molecule has 1 aromatic carbocycles. The molecule has 0 aliphatic carbocycles. The van der Waals surface area contributed by atoms with E-state index < -0.39 is 0 Å². The van der Waals surface area contributed by atoms with Crippen LogP contribution in [-0.2, 0) is 4.74 Å². The highest BCUT2D eigenvalue weighted by molar-refractivity contribution is 5.79. The molecule has 25 heavy (non-hydrogen) atoms. The van der Waals surface area contributed by atoms with E-state index in [4.69, 9.17) is 4.74 Å². The van der Waals surface area contributed by atoms with Crippen molar-refractivity contribution < 1.29 is 9.66 Å². The van der Waals surface area contributed by atoms with Crippen molar-refractivity contribution in [3.05, 3.63) is 34.4 Å². The van der Waals surface area contributed by atoms with E-state index in [1.807, 2.05) is 14.0 Å². The van der Waals surface area contributed by atoms with E-state index in [0.29, 0.717) is 24.7 Å². The lowest BCUT2D eigenvalue weighted by molar-refractivity contribution is -0.384. The highest BCUT2D eigenvalue weighted by Gasteiger charge is 2.19. The van der Waals surface area contributed by atoms with Gasteiger partial charge in [-0.25, -0.2) is 0 Å². The Balaban J connectivity index is 1.87. The Morgan fingerprint density at radius 2 is 2.28 bits per heavy atom. The van der Waals surface area contributed by atoms with E-state index in [9.17, 15) is 10.1 Å². The third-order valence-electron chi connectivity index (χ3n) is 4.04. The van der Waals surface area contributed by atoms with E-state index in [-0.39, 0.29) is 10.6 Å². The molecule has 0 aromatic heterocycles. The number of benzene rings is 1. The van der Waals surface area contributed by atoms with Crippen LogP contribution in [0, 0.1) is 16.0 Å². The number of nitrogens with zero attached hydrogens (tertiary/aromatic N) is 3.